The van der Waals surface area contributed by atoms with Crippen molar-refractivity contribution in [3.05, 3.63) is 83.1 Å². The summed E-state index contributed by atoms with van der Waals surface area (Å²) in [7, 11) is 0. The van der Waals surface area contributed by atoms with Gasteiger partial charge >= 0.3 is 0 Å². The molecule has 1 aromatic heterocycles. The molecular weight excluding hydrogens is 282 g/mol. The fourth-order valence-corrected chi connectivity index (χ4v) is 2.39. The van der Waals surface area contributed by atoms with Gasteiger partial charge in [0, 0.05) is 17.1 Å². The number of benzene rings is 2. The number of rotatable bonds is 5. The van der Waals surface area contributed by atoms with Gasteiger partial charge in [-0.05, 0) is 29.8 Å². The summed E-state index contributed by atoms with van der Waals surface area (Å²) >= 11 is 6.00. The Morgan fingerprint density at radius 1 is 0.857 bits per heavy atom. The first-order chi connectivity index (χ1) is 10.3. The highest BCUT2D eigenvalue weighted by Crippen LogP contribution is 2.24. The average molecular weight is 298 g/mol. The maximum absolute atomic E-state index is 6.00. The van der Waals surface area contributed by atoms with Gasteiger partial charge in [-0.15, -0.1) is 0 Å². The van der Waals surface area contributed by atoms with Crippen LogP contribution in [0.1, 0.15) is 11.3 Å². The van der Waals surface area contributed by atoms with E-state index >= 15 is 0 Å². The molecule has 0 unspecified atom stereocenters. The first-order valence-electron chi connectivity index (χ1n) is 6.90. The van der Waals surface area contributed by atoms with Crippen molar-refractivity contribution in [3.63, 3.8) is 0 Å². The predicted molar refractivity (Wildman–Crippen MR) is 86.1 cm³/mol. The molecule has 0 aliphatic rings. The molecule has 2 nitrogen and oxygen atoms in total. The highest BCUT2D eigenvalue weighted by atomic mass is 35.5. The Bertz CT molecular complexity index is 706. The van der Waals surface area contributed by atoms with Crippen LogP contribution in [0.2, 0.25) is 5.02 Å². The number of furan rings is 1. The van der Waals surface area contributed by atoms with Crippen molar-refractivity contribution in [1.82, 2.24) is 5.32 Å². The maximum Gasteiger partial charge on any atom is 0.134 e. The molecule has 0 radical (unpaired) electrons. The van der Waals surface area contributed by atoms with Crippen molar-refractivity contribution in [2.24, 2.45) is 0 Å². The number of hydrogen-bond acceptors (Lipinski definition) is 2. The topological polar surface area (TPSA) is 25.2 Å². The number of halogens is 1. The summed E-state index contributed by atoms with van der Waals surface area (Å²) < 4.78 is 5.84. The summed E-state index contributed by atoms with van der Waals surface area (Å²) in [6, 6.07) is 22.0. The Labute approximate surface area is 129 Å². The predicted octanol–water partition coefficient (Wildman–Crippen LogP) is 4.89. The second kappa shape index (κ2) is 6.61. The molecule has 21 heavy (non-hydrogen) atoms. The van der Waals surface area contributed by atoms with E-state index in [1.165, 1.54) is 5.56 Å². The lowest BCUT2D eigenvalue weighted by Crippen LogP contribution is -2.11. The molecule has 0 aliphatic carbocycles. The van der Waals surface area contributed by atoms with Crippen LogP contribution in [0.5, 0.6) is 0 Å². The van der Waals surface area contributed by atoms with Crippen LogP contribution in [0.15, 0.2) is 71.1 Å². The molecule has 1 heterocycles. The van der Waals surface area contributed by atoms with Gasteiger partial charge in [-0.1, -0.05) is 54.1 Å². The summed E-state index contributed by atoms with van der Waals surface area (Å²) in [4.78, 5) is 0. The molecule has 3 aromatic rings. The van der Waals surface area contributed by atoms with Crippen LogP contribution in [0.4, 0.5) is 0 Å². The van der Waals surface area contributed by atoms with Gasteiger partial charge in [-0.25, -0.2) is 0 Å². The van der Waals surface area contributed by atoms with Crippen LogP contribution in [0.3, 0.4) is 0 Å². The van der Waals surface area contributed by atoms with E-state index in [1.54, 1.807) is 0 Å². The smallest absolute Gasteiger partial charge is 0.134 e. The molecule has 0 saturated carbocycles. The van der Waals surface area contributed by atoms with E-state index in [4.69, 9.17) is 16.0 Å². The van der Waals surface area contributed by atoms with E-state index in [0.29, 0.717) is 11.6 Å². The minimum Gasteiger partial charge on any atom is -0.460 e. The van der Waals surface area contributed by atoms with Gasteiger partial charge in [0.25, 0.3) is 0 Å². The van der Waals surface area contributed by atoms with Crippen molar-refractivity contribution < 1.29 is 4.42 Å². The molecule has 106 valence electrons. The normalized spacial score (nSPS) is 10.7. The van der Waals surface area contributed by atoms with Crippen molar-refractivity contribution in [3.8, 4) is 11.3 Å². The van der Waals surface area contributed by atoms with Gasteiger partial charge in [0.2, 0.25) is 0 Å². The van der Waals surface area contributed by atoms with Crippen LogP contribution in [-0.4, -0.2) is 0 Å². The molecule has 0 amide bonds. The third-order valence-corrected chi connectivity index (χ3v) is 3.48. The molecule has 0 aliphatic heterocycles. The van der Waals surface area contributed by atoms with Gasteiger partial charge in [0.05, 0.1) is 6.54 Å². The SMILES string of the molecule is Clc1cccc(-c2ccc(CNCc3ccccc3)o2)c1. The number of nitrogens with one attached hydrogen (secondary N) is 1. The van der Waals surface area contributed by atoms with Crippen molar-refractivity contribution in [1.29, 1.82) is 0 Å². The molecule has 0 atom stereocenters. The van der Waals surface area contributed by atoms with E-state index in [0.717, 1.165) is 23.6 Å². The van der Waals surface area contributed by atoms with Crippen LogP contribution in [0.25, 0.3) is 11.3 Å². The van der Waals surface area contributed by atoms with Gasteiger partial charge < -0.3 is 9.73 Å². The third-order valence-electron chi connectivity index (χ3n) is 3.24. The van der Waals surface area contributed by atoms with Crippen molar-refractivity contribution in [2.45, 2.75) is 13.1 Å². The van der Waals surface area contributed by atoms with E-state index in [2.05, 4.69) is 17.4 Å². The standard InChI is InChI=1S/C18H16ClNO/c19-16-8-4-7-15(11-16)18-10-9-17(21-18)13-20-12-14-5-2-1-3-6-14/h1-11,20H,12-13H2. The first kappa shape index (κ1) is 13.9. The zero-order chi connectivity index (χ0) is 14.5. The lowest BCUT2D eigenvalue weighted by atomic mass is 10.2. The Hall–Kier alpha value is -2.03. The Kier molecular flexibility index (Phi) is 4.39. The zero-order valence-electron chi connectivity index (χ0n) is 11.6. The van der Waals surface area contributed by atoms with E-state index in [-0.39, 0.29) is 0 Å². The molecule has 0 spiro atoms. The average Bonchev–Trinajstić information content (AvgIpc) is 2.97. The highest BCUT2D eigenvalue weighted by molar-refractivity contribution is 6.30. The summed E-state index contributed by atoms with van der Waals surface area (Å²) in [6.45, 7) is 1.53. The Morgan fingerprint density at radius 3 is 2.52 bits per heavy atom. The zero-order valence-corrected chi connectivity index (χ0v) is 12.3. The molecule has 3 heteroatoms. The molecule has 3 rings (SSSR count). The minimum absolute atomic E-state index is 0.704. The first-order valence-corrected chi connectivity index (χ1v) is 7.28. The van der Waals surface area contributed by atoms with Gasteiger partial charge in [-0.2, -0.15) is 0 Å². The molecule has 2 aromatic carbocycles. The number of hydrogen-bond donors (Lipinski definition) is 1. The van der Waals surface area contributed by atoms with Crippen LogP contribution >= 0.6 is 11.6 Å². The van der Waals surface area contributed by atoms with E-state index < -0.39 is 0 Å². The summed E-state index contributed by atoms with van der Waals surface area (Å²) in [5, 5.41) is 4.09. The van der Waals surface area contributed by atoms with Crippen molar-refractivity contribution in [2.75, 3.05) is 0 Å². The van der Waals surface area contributed by atoms with Crippen LogP contribution in [-0.2, 0) is 13.1 Å². The quantitative estimate of drug-likeness (QED) is 0.725. The monoisotopic (exact) mass is 297 g/mol. The second-order valence-electron chi connectivity index (χ2n) is 4.87. The van der Waals surface area contributed by atoms with E-state index in [1.807, 2.05) is 54.6 Å². The third kappa shape index (κ3) is 3.75. The molecule has 0 saturated heterocycles. The summed E-state index contributed by atoms with van der Waals surface area (Å²) in [5.41, 5.74) is 2.26. The molecule has 0 fully saturated rings. The van der Waals surface area contributed by atoms with Gasteiger partial charge in [0.15, 0.2) is 0 Å². The second-order valence-corrected chi connectivity index (χ2v) is 5.30. The fraction of sp³-hybridized carbons (Fsp3) is 0.111. The van der Waals surface area contributed by atoms with Crippen molar-refractivity contribution >= 4 is 11.6 Å². The van der Waals surface area contributed by atoms with E-state index in [9.17, 15) is 0 Å². The van der Waals surface area contributed by atoms with Crippen LogP contribution in [0, 0.1) is 0 Å². The Morgan fingerprint density at radius 2 is 1.71 bits per heavy atom. The minimum atomic E-state index is 0.704. The lowest BCUT2D eigenvalue weighted by molar-refractivity contribution is 0.493. The van der Waals surface area contributed by atoms with Gasteiger partial charge in [0.1, 0.15) is 11.5 Å². The fourth-order valence-electron chi connectivity index (χ4n) is 2.20. The molecule has 0 bridgehead atoms. The van der Waals surface area contributed by atoms with Crippen LogP contribution < -0.4 is 5.32 Å². The molecule has 1 N–H and O–H groups in total. The lowest BCUT2D eigenvalue weighted by Gasteiger charge is -2.03. The maximum atomic E-state index is 6.00. The summed E-state index contributed by atoms with van der Waals surface area (Å²) in [5.74, 6) is 1.76. The Balaban J connectivity index is 1.60. The highest BCUT2D eigenvalue weighted by Gasteiger charge is 2.05. The van der Waals surface area contributed by atoms with Gasteiger partial charge in [-0.3, -0.25) is 0 Å². The largest absolute Gasteiger partial charge is 0.460 e. The summed E-state index contributed by atoms with van der Waals surface area (Å²) in [6.07, 6.45) is 0. The molecular formula is C18H16ClNO.